The molecule has 16 heavy (non-hydrogen) atoms. The van der Waals surface area contributed by atoms with Crippen molar-refractivity contribution in [2.45, 2.75) is 66.2 Å². The lowest BCUT2D eigenvalue weighted by Crippen LogP contribution is -2.01. The zero-order chi connectivity index (χ0) is 12.0. The molecule has 0 unspecified atom stereocenters. The molecule has 0 aliphatic rings. The van der Waals surface area contributed by atoms with Gasteiger partial charge in [0.25, 0.3) is 0 Å². The summed E-state index contributed by atoms with van der Waals surface area (Å²) >= 11 is 0. The third-order valence-electron chi connectivity index (χ3n) is 3.44. The zero-order valence-corrected chi connectivity index (χ0v) is 11.4. The highest BCUT2D eigenvalue weighted by Crippen LogP contribution is 2.22. The van der Waals surface area contributed by atoms with Crippen LogP contribution in [0.25, 0.3) is 0 Å². The van der Waals surface area contributed by atoms with Crippen LogP contribution >= 0.6 is 0 Å². The first-order valence-corrected chi connectivity index (χ1v) is 6.90. The standard InChI is InChI=1S/C16H26/c1-5-9-10-16-14(7-3)11-13(6-2)12-15(16)8-4/h11-12H,5-10H2,1-4H3. The minimum absolute atomic E-state index is 1.16. The normalized spacial score (nSPS) is 10.8. The van der Waals surface area contributed by atoms with E-state index in [0.717, 1.165) is 6.42 Å². The molecule has 0 heteroatoms. The molecule has 0 nitrogen and oxygen atoms in total. The first kappa shape index (κ1) is 13.3. The lowest BCUT2D eigenvalue weighted by Gasteiger charge is -2.15. The minimum Gasteiger partial charge on any atom is -0.0654 e. The van der Waals surface area contributed by atoms with Crippen molar-refractivity contribution in [3.05, 3.63) is 34.4 Å². The summed E-state index contributed by atoms with van der Waals surface area (Å²) in [7, 11) is 0. The monoisotopic (exact) mass is 218 g/mol. The number of benzene rings is 1. The summed E-state index contributed by atoms with van der Waals surface area (Å²) in [5.74, 6) is 0. The molecule has 0 spiro atoms. The third-order valence-corrected chi connectivity index (χ3v) is 3.44. The highest BCUT2D eigenvalue weighted by Gasteiger charge is 2.07. The van der Waals surface area contributed by atoms with E-state index in [2.05, 4.69) is 39.8 Å². The molecular formula is C16H26. The Kier molecular flexibility index (Phi) is 5.59. The fourth-order valence-electron chi connectivity index (χ4n) is 2.38. The SMILES string of the molecule is CCCCc1c(CC)cc(CC)cc1CC. The number of hydrogen-bond acceptors (Lipinski definition) is 0. The average Bonchev–Trinajstić information content (AvgIpc) is 2.35. The van der Waals surface area contributed by atoms with Gasteiger partial charge in [-0.05, 0) is 54.4 Å². The van der Waals surface area contributed by atoms with Crippen LogP contribution in [-0.4, -0.2) is 0 Å². The zero-order valence-electron chi connectivity index (χ0n) is 11.4. The second-order valence-electron chi connectivity index (χ2n) is 4.56. The first-order valence-electron chi connectivity index (χ1n) is 6.90. The van der Waals surface area contributed by atoms with Gasteiger partial charge in [-0.2, -0.15) is 0 Å². The molecule has 0 aromatic heterocycles. The third kappa shape index (κ3) is 3.10. The molecule has 90 valence electrons. The second-order valence-corrected chi connectivity index (χ2v) is 4.56. The minimum atomic E-state index is 1.16. The van der Waals surface area contributed by atoms with Gasteiger partial charge in [0.05, 0.1) is 0 Å². The summed E-state index contributed by atoms with van der Waals surface area (Å²) in [6.45, 7) is 9.09. The molecule has 0 heterocycles. The molecule has 0 aliphatic carbocycles. The number of rotatable bonds is 6. The van der Waals surface area contributed by atoms with Crippen molar-refractivity contribution in [2.24, 2.45) is 0 Å². The van der Waals surface area contributed by atoms with E-state index in [1.165, 1.54) is 37.7 Å². The van der Waals surface area contributed by atoms with Crippen LogP contribution in [0.2, 0.25) is 0 Å². The molecular weight excluding hydrogens is 192 g/mol. The average molecular weight is 218 g/mol. The van der Waals surface area contributed by atoms with Gasteiger partial charge in [0.1, 0.15) is 0 Å². The van der Waals surface area contributed by atoms with Gasteiger partial charge >= 0.3 is 0 Å². The van der Waals surface area contributed by atoms with Crippen molar-refractivity contribution in [3.8, 4) is 0 Å². The van der Waals surface area contributed by atoms with Crippen molar-refractivity contribution < 1.29 is 0 Å². The molecule has 1 aromatic rings. The first-order chi connectivity index (χ1) is 7.76. The Morgan fingerprint density at radius 1 is 0.812 bits per heavy atom. The van der Waals surface area contributed by atoms with E-state index >= 15 is 0 Å². The topological polar surface area (TPSA) is 0 Å². The summed E-state index contributed by atoms with van der Waals surface area (Å²) in [6, 6.07) is 4.84. The Morgan fingerprint density at radius 3 is 1.75 bits per heavy atom. The number of hydrogen-bond donors (Lipinski definition) is 0. The predicted octanol–water partition coefficient (Wildman–Crippen LogP) is 4.72. The van der Waals surface area contributed by atoms with E-state index in [0.29, 0.717) is 0 Å². The lowest BCUT2D eigenvalue weighted by atomic mass is 9.91. The molecule has 0 saturated heterocycles. The van der Waals surface area contributed by atoms with Crippen molar-refractivity contribution in [1.29, 1.82) is 0 Å². The molecule has 0 bridgehead atoms. The molecule has 0 fully saturated rings. The maximum atomic E-state index is 2.42. The van der Waals surface area contributed by atoms with Crippen LogP contribution in [-0.2, 0) is 25.7 Å². The fourth-order valence-corrected chi connectivity index (χ4v) is 2.38. The molecule has 0 radical (unpaired) electrons. The van der Waals surface area contributed by atoms with Crippen LogP contribution in [0.1, 0.15) is 62.8 Å². The molecule has 1 aromatic carbocycles. The molecule has 0 atom stereocenters. The molecule has 0 saturated carbocycles. The van der Waals surface area contributed by atoms with Crippen molar-refractivity contribution >= 4 is 0 Å². The number of aryl methyl sites for hydroxylation is 3. The Labute approximate surface area is 101 Å². The van der Waals surface area contributed by atoms with Gasteiger partial charge in [-0.25, -0.2) is 0 Å². The predicted molar refractivity (Wildman–Crippen MR) is 73.2 cm³/mol. The van der Waals surface area contributed by atoms with Gasteiger partial charge in [0.2, 0.25) is 0 Å². The largest absolute Gasteiger partial charge is 0.0654 e. The Bertz CT molecular complexity index is 298. The number of unbranched alkanes of at least 4 members (excludes halogenated alkanes) is 1. The quantitative estimate of drug-likeness (QED) is 0.648. The van der Waals surface area contributed by atoms with E-state index in [1.54, 1.807) is 16.7 Å². The van der Waals surface area contributed by atoms with Gasteiger partial charge in [-0.3, -0.25) is 0 Å². The maximum Gasteiger partial charge on any atom is -0.0274 e. The fraction of sp³-hybridized carbons (Fsp3) is 0.625. The van der Waals surface area contributed by atoms with Gasteiger partial charge in [-0.1, -0.05) is 46.2 Å². The molecule has 0 N–H and O–H groups in total. The van der Waals surface area contributed by atoms with E-state index in [1.807, 2.05) is 0 Å². The van der Waals surface area contributed by atoms with Gasteiger partial charge in [0.15, 0.2) is 0 Å². The van der Waals surface area contributed by atoms with Crippen molar-refractivity contribution in [3.63, 3.8) is 0 Å². The van der Waals surface area contributed by atoms with Crippen LogP contribution in [0.3, 0.4) is 0 Å². The van der Waals surface area contributed by atoms with E-state index in [4.69, 9.17) is 0 Å². The summed E-state index contributed by atoms with van der Waals surface area (Å²) < 4.78 is 0. The summed E-state index contributed by atoms with van der Waals surface area (Å²) in [4.78, 5) is 0. The van der Waals surface area contributed by atoms with Crippen LogP contribution in [0.15, 0.2) is 12.1 Å². The van der Waals surface area contributed by atoms with Crippen molar-refractivity contribution in [1.82, 2.24) is 0 Å². The van der Waals surface area contributed by atoms with Crippen LogP contribution in [0.5, 0.6) is 0 Å². The van der Waals surface area contributed by atoms with Crippen LogP contribution in [0.4, 0.5) is 0 Å². The van der Waals surface area contributed by atoms with Gasteiger partial charge < -0.3 is 0 Å². The highest BCUT2D eigenvalue weighted by atomic mass is 14.1. The Balaban J connectivity index is 3.09. The molecule has 1 rings (SSSR count). The van der Waals surface area contributed by atoms with Crippen molar-refractivity contribution in [2.75, 3.05) is 0 Å². The molecule has 0 amide bonds. The van der Waals surface area contributed by atoms with Crippen LogP contribution < -0.4 is 0 Å². The van der Waals surface area contributed by atoms with Gasteiger partial charge in [0, 0.05) is 0 Å². The Hall–Kier alpha value is -0.780. The lowest BCUT2D eigenvalue weighted by molar-refractivity contribution is 0.777. The van der Waals surface area contributed by atoms with E-state index in [9.17, 15) is 0 Å². The van der Waals surface area contributed by atoms with E-state index in [-0.39, 0.29) is 0 Å². The Morgan fingerprint density at radius 2 is 1.38 bits per heavy atom. The van der Waals surface area contributed by atoms with Gasteiger partial charge in [-0.15, -0.1) is 0 Å². The smallest absolute Gasteiger partial charge is 0.0274 e. The molecule has 0 aliphatic heterocycles. The van der Waals surface area contributed by atoms with Crippen LogP contribution in [0, 0.1) is 0 Å². The highest BCUT2D eigenvalue weighted by molar-refractivity contribution is 5.39. The van der Waals surface area contributed by atoms with E-state index < -0.39 is 0 Å². The maximum absolute atomic E-state index is 2.42. The summed E-state index contributed by atoms with van der Waals surface area (Å²) in [5.41, 5.74) is 6.33. The second kappa shape index (κ2) is 6.73. The summed E-state index contributed by atoms with van der Waals surface area (Å²) in [6.07, 6.45) is 7.41. The summed E-state index contributed by atoms with van der Waals surface area (Å²) in [5, 5.41) is 0.